The highest BCUT2D eigenvalue weighted by Crippen LogP contribution is 2.35. The molecule has 0 atom stereocenters. The van der Waals surface area contributed by atoms with Crippen LogP contribution in [0.3, 0.4) is 0 Å². The monoisotopic (exact) mass is 681 g/mol. The highest BCUT2D eigenvalue weighted by Gasteiger charge is 2.20. The second-order valence-corrected chi connectivity index (χ2v) is 11.3. The van der Waals surface area contributed by atoms with Gasteiger partial charge in [-0.3, -0.25) is 0 Å². The predicted molar refractivity (Wildman–Crippen MR) is 167 cm³/mol. The van der Waals surface area contributed by atoms with Crippen molar-refractivity contribution in [2.24, 2.45) is 5.10 Å². The molecule has 0 bridgehead atoms. The quantitative estimate of drug-likeness (QED) is 0.198. The summed E-state index contributed by atoms with van der Waals surface area (Å²) in [5.74, 6) is 2.33. The van der Waals surface area contributed by atoms with Gasteiger partial charge in [-0.25, -0.2) is 5.43 Å². The number of nitrogens with one attached hydrogen (secondary N) is 1. The molecule has 3 heterocycles. The van der Waals surface area contributed by atoms with Crippen molar-refractivity contribution in [3.63, 3.8) is 0 Å². The molecule has 1 N–H and O–H groups in total. The van der Waals surface area contributed by atoms with Crippen molar-refractivity contribution in [2.75, 3.05) is 67.8 Å². The Morgan fingerprint density at radius 1 is 0.829 bits per heavy atom. The second kappa shape index (κ2) is 13.1. The maximum absolute atomic E-state index is 6.22. The fourth-order valence-electron chi connectivity index (χ4n) is 4.74. The molecule has 3 aromatic carbocycles. The Morgan fingerprint density at radius 3 is 2.10 bits per heavy atom. The van der Waals surface area contributed by atoms with Crippen LogP contribution in [-0.4, -0.2) is 73.8 Å². The van der Waals surface area contributed by atoms with E-state index in [-0.39, 0.29) is 0 Å². The van der Waals surface area contributed by atoms with E-state index in [4.69, 9.17) is 19.2 Å². The lowest BCUT2D eigenvalue weighted by molar-refractivity contribution is 0.121. The zero-order valence-corrected chi connectivity index (χ0v) is 25.5. The Balaban J connectivity index is 1.16. The summed E-state index contributed by atoms with van der Waals surface area (Å²) in [5.41, 5.74) is 4.99. The average molecular weight is 683 g/mol. The number of hydrogen-bond acceptors (Lipinski definition) is 10. The van der Waals surface area contributed by atoms with Gasteiger partial charge in [-0.15, -0.1) is 0 Å². The fourth-order valence-corrected chi connectivity index (χ4v) is 6.19. The lowest BCUT2D eigenvalue weighted by Gasteiger charge is -2.30. The first-order valence-corrected chi connectivity index (χ1v) is 15.0. The molecule has 2 saturated heterocycles. The van der Waals surface area contributed by atoms with Crippen LogP contribution in [0.4, 0.5) is 17.8 Å². The predicted octanol–water partition coefficient (Wildman–Crippen LogP) is 5.25. The van der Waals surface area contributed by atoms with E-state index in [2.05, 4.69) is 92.5 Å². The van der Waals surface area contributed by atoms with E-state index in [0.717, 1.165) is 52.0 Å². The molecular weight excluding hydrogens is 654 g/mol. The minimum Gasteiger partial charge on any atom is -0.487 e. The van der Waals surface area contributed by atoms with Gasteiger partial charge in [0.05, 0.1) is 41.6 Å². The zero-order chi connectivity index (χ0) is 28.0. The summed E-state index contributed by atoms with van der Waals surface area (Å²) < 4.78 is 18.9. The highest BCUT2D eigenvalue weighted by atomic mass is 79.9. The van der Waals surface area contributed by atoms with Crippen LogP contribution in [0.1, 0.15) is 11.1 Å². The third-order valence-corrected chi connectivity index (χ3v) is 8.03. The number of benzene rings is 3. The van der Waals surface area contributed by atoms with Crippen molar-refractivity contribution in [1.82, 2.24) is 15.0 Å². The molecule has 12 heteroatoms. The molecule has 2 fully saturated rings. The minimum absolute atomic E-state index is 0.382. The van der Waals surface area contributed by atoms with Crippen molar-refractivity contribution in [1.29, 1.82) is 0 Å². The number of rotatable bonds is 8. The summed E-state index contributed by atoms with van der Waals surface area (Å²) in [7, 11) is 0. The Morgan fingerprint density at radius 2 is 1.44 bits per heavy atom. The van der Waals surface area contributed by atoms with Crippen LogP contribution in [0.15, 0.2) is 68.6 Å². The van der Waals surface area contributed by atoms with E-state index in [9.17, 15) is 0 Å². The van der Waals surface area contributed by atoms with E-state index in [1.54, 1.807) is 6.21 Å². The van der Waals surface area contributed by atoms with Crippen molar-refractivity contribution in [2.45, 2.75) is 6.61 Å². The van der Waals surface area contributed by atoms with Crippen molar-refractivity contribution < 1.29 is 14.2 Å². The van der Waals surface area contributed by atoms with Gasteiger partial charge >= 0.3 is 0 Å². The summed E-state index contributed by atoms with van der Waals surface area (Å²) in [6, 6.07) is 18.5. The molecule has 0 aliphatic carbocycles. The van der Waals surface area contributed by atoms with Gasteiger partial charge in [0.25, 0.3) is 0 Å². The minimum atomic E-state index is 0.382. The SMILES string of the molecule is Brc1cc(/C=N\Nc2nc(N3CCOCC3)nc(N3CCOCC3)n2)cc(Br)c1OCc1cccc2ccccc12. The van der Waals surface area contributed by atoms with Crippen LogP contribution in [0.25, 0.3) is 10.8 Å². The van der Waals surface area contributed by atoms with Crippen LogP contribution in [0.5, 0.6) is 5.75 Å². The van der Waals surface area contributed by atoms with Crippen LogP contribution >= 0.6 is 31.9 Å². The molecule has 0 saturated carbocycles. The number of hydrogen-bond donors (Lipinski definition) is 1. The van der Waals surface area contributed by atoms with Crippen LogP contribution in [0, 0.1) is 0 Å². The molecule has 0 amide bonds. The van der Waals surface area contributed by atoms with Gasteiger partial charge in [0.15, 0.2) is 0 Å². The van der Waals surface area contributed by atoms with Gasteiger partial charge < -0.3 is 24.0 Å². The standard InChI is InChI=1S/C29H29Br2N7O3/c30-24-16-20(17-25(31)26(24)41-19-22-6-3-5-21-4-1-2-7-23(21)22)18-32-36-27-33-28(37-8-12-39-13-9-37)35-29(34-27)38-10-14-40-15-11-38/h1-7,16-18H,8-15,19H2,(H,33,34,35,36)/b32-18-. The molecule has 2 aliphatic heterocycles. The lowest BCUT2D eigenvalue weighted by atomic mass is 10.1. The number of aromatic nitrogens is 3. The lowest BCUT2D eigenvalue weighted by Crippen LogP contribution is -2.40. The third kappa shape index (κ3) is 6.78. The summed E-state index contributed by atoms with van der Waals surface area (Å²) in [4.78, 5) is 18.2. The Labute approximate surface area is 255 Å². The molecule has 41 heavy (non-hydrogen) atoms. The number of ether oxygens (including phenoxy) is 3. The van der Waals surface area contributed by atoms with E-state index >= 15 is 0 Å². The normalized spacial score (nSPS) is 16.0. The molecule has 0 unspecified atom stereocenters. The number of fused-ring (bicyclic) bond motifs is 1. The maximum Gasteiger partial charge on any atom is 0.250 e. The van der Waals surface area contributed by atoms with Crippen LogP contribution in [0.2, 0.25) is 0 Å². The Hall–Kier alpha value is -3.32. The number of hydrazone groups is 1. The topological polar surface area (TPSA) is 97.2 Å². The van der Waals surface area contributed by atoms with E-state index in [0.29, 0.717) is 50.9 Å². The van der Waals surface area contributed by atoms with Gasteiger partial charge in [-0.1, -0.05) is 42.5 Å². The molecule has 212 valence electrons. The molecule has 4 aromatic rings. The molecule has 2 aliphatic rings. The van der Waals surface area contributed by atoms with Gasteiger partial charge in [0.1, 0.15) is 12.4 Å². The van der Waals surface area contributed by atoms with Gasteiger partial charge in [0.2, 0.25) is 17.8 Å². The first-order chi connectivity index (χ1) is 20.1. The number of anilines is 3. The van der Waals surface area contributed by atoms with Crippen molar-refractivity contribution in [3.8, 4) is 5.75 Å². The van der Waals surface area contributed by atoms with E-state index in [1.807, 2.05) is 24.3 Å². The Kier molecular flexibility index (Phi) is 8.90. The van der Waals surface area contributed by atoms with Crippen molar-refractivity contribution >= 4 is 66.7 Å². The summed E-state index contributed by atoms with van der Waals surface area (Å²) in [6.45, 7) is 5.94. The van der Waals surface area contributed by atoms with Crippen molar-refractivity contribution in [3.05, 3.63) is 74.7 Å². The molecular formula is C29H29Br2N7O3. The molecule has 0 radical (unpaired) electrons. The first-order valence-electron chi connectivity index (χ1n) is 13.4. The molecule has 10 nitrogen and oxygen atoms in total. The first kappa shape index (κ1) is 27.8. The second-order valence-electron chi connectivity index (χ2n) is 9.57. The number of morpholine rings is 2. The smallest absolute Gasteiger partial charge is 0.250 e. The summed E-state index contributed by atoms with van der Waals surface area (Å²) >= 11 is 7.33. The van der Waals surface area contributed by atoms with Gasteiger partial charge in [-0.05, 0) is 65.9 Å². The summed E-state index contributed by atoms with van der Waals surface area (Å²) in [6.07, 6.45) is 1.72. The maximum atomic E-state index is 6.22. The fraction of sp³-hybridized carbons (Fsp3) is 0.310. The molecule has 6 rings (SSSR count). The van der Waals surface area contributed by atoms with E-state index in [1.165, 1.54) is 10.8 Å². The van der Waals surface area contributed by atoms with E-state index < -0.39 is 0 Å². The largest absolute Gasteiger partial charge is 0.487 e. The van der Waals surface area contributed by atoms with Crippen LogP contribution < -0.4 is 20.0 Å². The van der Waals surface area contributed by atoms with Crippen LogP contribution in [-0.2, 0) is 16.1 Å². The average Bonchev–Trinajstić information content (AvgIpc) is 3.01. The number of nitrogens with zero attached hydrogens (tertiary/aromatic N) is 6. The summed E-state index contributed by atoms with van der Waals surface area (Å²) in [5, 5.41) is 6.80. The number of halogens is 2. The van der Waals surface area contributed by atoms with Gasteiger partial charge in [-0.2, -0.15) is 20.1 Å². The Bertz CT molecular complexity index is 1480. The van der Waals surface area contributed by atoms with Gasteiger partial charge in [0, 0.05) is 26.2 Å². The molecule has 0 spiro atoms. The molecule has 1 aromatic heterocycles. The zero-order valence-electron chi connectivity index (χ0n) is 22.3. The highest BCUT2D eigenvalue weighted by molar-refractivity contribution is 9.11. The third-order valence-electron chi connectivity index (χ3n) is 6.85.